The van der Waals surface area contributed by atoms with E-state index in [9.17, 15) is 4.39 Å². The molecule has 0 saturated carbocycles. The molecule has 1 rings (SSSR count). The zero-order chi connectivity index (χ0) is 15.0. The molecule has 0 saturated heterocycles. The second kappa shape index (κ2) is 8.97. The van der Waals surface area contributed by atoms with E-state index >= 15 is 0 Å². The van der Waals surface area contributed by atoms with Crippen molar-refractivity contribution in [3.05, 3.63) is 28.0 Å². The summed E-state index contributed by atoms with van der Waals surface area (Å²) >= 11 is 11.8. The van der Waals surface area contributed by atoms with Gasteiger partial charge in [0.05, 0.1) is 15.7 Å². The van der Waals surface area contributed by atoms with E-state index in [-0.39, 0.29) is 16.0 Å². The minimum atomic E-state index is -0.513. The van der Waals surface area contributed by atoms with E-state index < -0.39 is 5.82 Å². The molecule has 0 heterocycles. The highest BCUT2D eigenvalue weighted by Gasteiger charge is 2.10. The predicted octanol–water partition coefficient (Wildman–Crippen LogP) is 2.79. The number of benzene rings is 1. The molecule has 8 heteroatoms. The molecule has 0 unspecified atom stereocenters. The van der Waals surface area contributed by atoms with Gasteiger partial charge < -0.3 is 10.1 Å². The summed E-state index contributed by atoms with van der Waals surface area (Å²) < 4.78 is 18.3. The van der Waals surface area contributed by atoms with Crippen molar-refractivity contribution >= 4 is 34.8 Å². The highest BCUT2D eigenvalue weighted by molar-refractivity contribution is 6.39. The Morgan fingerprint density at radius 2 is 2.05 bits per heavy atom. The van der Waals surface area contributed by atoms with Gasteiger partial charge in [-0.05, 0) is 25.5 Å². The molecule has 4 N–H and O–H groups in total. The second-order valence-electron chi connectivity index (χ2n) is 3.79. The maximum absolute atomic E-state index is 13.1. The third-order valence-corrected chi connectivity index (χ3v) is 2.90. The van der Waals surface area contributed by atoms with E-state index in [1.54, 1.807) is 0 Å². The first-order chi connectivity index (χ1) is 9.58. The zero-order valence-electron chi connectivity index (χ0n) is 11.0. The van der Waals surface area contributed by atoms with Crippen molar-refractivity contribution in [2.45, 2.75) is 13.3 Å². The van der Waals surface area contributed by atoms with Crippen LogP contribution in [0.3, 0.4) is 0 Å². The molecule has 0 spiro atoms. The molecule has 0 amide bonds. The highest BCUT2D eigenvalue weighted by Crippen LogP contribution is 2.31. The maximum atomic E-state index is 13.1. The Morgan fingerprint density at radius 1 is 1.40 bits per heavy atom. The van der Waals surface area contributed by atoms with Crippen molar-refractivity contribution in [3.63, 3.8) is 0 Å². The average molecular weight is 323 g/mol. The van der Waals surface area contributed by atoms with Gasteiger partial charge in [0.1, 0.15) is 5.82 Å². The lowest BCUT2D eigenvalue weighted by Gasteiger charge is -2.12. The van der Waals surface area contributed by atoms with Crippen LogP contribution in [-0.4, -0.2) is 25.7 Å². The monoisotopic (exact) mass is 322 g/mol. The molecular formula is C12H17Cl2FN4O. The van der Waals surface area contributed by atoms with Crippen molar-refractivity contribution in [1.29, 1.82) is 0 Å². The topological polar surface area (TPSA) is 71.7 Å². The van der Waals surface area contributed by atoms with E-state index in [0.29, 0.717) is 25.4 Å². The number of rotatable bonds is 6. The molecule has 0 aliphatic rings. The molecule has 0 atom stereocenters. The van der Waals surface area contributed by atoms with Crippen LogP contribution in [0.25, 0.3) is 0 Å². The lowest BCUT2D eigenvalue weighted by Crippen LogP contribution is -2.36. The van der Waals surface area contributed by atoms with Crippen LogP contribution in [-0.2, 0) is 4.74 Å². The van der Waals surface area contributed by atoms with Gasteiger partial charge >= 0.3 is 0 Å². The van der Waals surface area contributed by atoms with Crippen molar-refractivity contribution in [1.82, 2.24) is 5.43 Å². The number of guanidine groups is 1. The van der Waals surface area contributed by atoms with Gasteiger partial charge in [-0.3, -0.25) is 10.4 Å². The Balaban J connectivity index is 2.66. The molecule has 0 aliphatic heterocycles. The van der Waals surface area contributed by atoms with E-state index in [2.05, 4.69) is 15.7 Å². The Bertz CT molecular complexity index is 448. The fourth-order valence-electron chi connectivity index (χ4n) is 1.40. The summed E-state index contributed by atoms with van der Waals surface area (Å²) in [4.78, 5) is 4.19. The standard InChI is InChI=1S/C12H17Cl2FN4O/c1-2-20-5-3-4-17-12(19-16)18-11-9(13)6-8(15)7-10(11)14/h6-7H,2-5,16H2,1H3,(H2,17,18,19). The fourth-order valence-corrected chi connectivity index (χ4v) is 1.96. The number of aliphatic imine (C=N–C) groups is 1. The molecule has 1 aromatic carbocycles. The Kier molecular flexibility index (Phi) is 7.61. The normalized spacial score (nSPS) is 11.6. The van der Waals surface area contributed by atoms with Crippen molar-refractivity contribution in [3.8, 4) is 0 Å². The molecule has 0 bridgehead atoms. The van der Waals surface area contributed by atoms with Crippen LogP contribution < -0.4 is 16.6 Å². The number of hydrazine groups is 1. The van der Waals surface area contributed by atoms with Gasteiger partial charge in [0, 0.05) is 19.8 Å². The Morgan fingerprint density at radius 3 is 2.60 bits per heavy atom. The van der Waals surface area contributed by atoms with Gasteiger partial charge in [0.2, 0.25) is 5.96 Å². The summed E-state index contributed by atoms with van der Waals surface area (Å²) in [5.74, 6) is 5.13. The summed E-state index contributed by atoms with van der Waals surface area (Å²) in [7, 11) is 0. The van der Waals surface area contributed by atoms with Gasteiger partial charge in [0.15, 0.2) is 0 Å². The second-order valence-corrected chi connectivity index (χ2v) is 4.61. The van der Waals surface area contributed by atoms with Crippen LogP contribution in [0.2, 0.25) is 10.0 Å². The third-order valence-electron chi connectivity index (χ3n) is 2.31. The summed E-state index contributed by atoms with van der Waals surface area (Å²) in [5.41, 5.74) is 2.74. The first-order valence-corrected chi connectivity index (χ1v) is 6.84. The lowest BCUT2D eigenvalue weighted by molar-refractivity contribution is 0.146. The summed E-state index contributed by atoms with van der Waals surface area (Å²) in [5, 5.41) is 3.12. The van der Waals surface area contributed by atoms with E-state index in [1.165, 1.54) is 0 Å². The van der Waals surface area contributed by atoms with Gasteiger partial charge in [-0.1, -0.05) is 23.2 Å². The quantitative estimate of drug-likeness (QED) is 0.247. The minimum Gasteiger partial charge on any atom is -0.382 e. The van der Waals surface area contributed by atoms with Crippen LogP contribution >= 0.6 is 23.2 Å². The number of nitrogens with two attached hydrogens (primary N) is 1. The van der Waals surface area contributed by atoms with E-state index in [4.69, 9.17) is 33.8 Å². The molecular weight excluding hydrogens is 306 g/mol. The van der Waals surface area contributed by atoms with Crippen molar-refractivity contribution < 1.29 is 9.13 Å². The molecule has 0 radical (unpaired) electrons. The summed E-state index contributed by atoms with van der Waals surface area (Å²) in [6.45, 7) is 3.74. The Labute approximate surface area is 127 Å². The summed E-state index contributed by atoms with van der Waals surface area (Å²) in [6, 6.07) is 2.30. The number of halogens is 3. The zero-order valence-corrected chi connectivity index (χ0v) is 12.6. The first kappa shape index (κ1) is 17.0. The van der Waals surface area contributed by atoms with Gasteiger partial charge in [0.25, 0.3) is 0 Å². The van der Waals surface area contributed by atoms with Crippen LogP contribution in [0.5, 0.6) is 0 Å². The third kappa shape index (κ3) is 5.50. The molecule has 112 valence electrons. The lowest BCUT2D eigenvalue weighted by atomic mass is 10.3. The molecule has 20 heavy (non-hydrogen) atoms. The molecule has 5 nitrogen and oxygen atoms in total. The fraction of sp³-hybridized carbons (Fsp3) is 0.417. The first-order valence-electron chi connectivity index (χ1n) is 6.08. The number of hydrogen-bond donors (Lipinski definition) is 3. The van der Waals surface area contributed by atoms with Crippen LogP contribution in [0, 0.1) is 5.82 Å². The maximum Gasteiger partial charge on any atom is 0.210 e. The minimum absolute atomic E-state index is 0.146. The molecule has 0 aliphatic carbocycles. The smallest absolute Gasteiger partial charge is 0.210 e. The largest absolute Gasteiger partial charge is 0.382 e. The van der Waals surface area contributed by atoms with E-state index in [0.717, 1.165) is 18.6 Å². The number of ether oxygens (including phenoxy) is 1. The van der Waals surface area contributed by atoms with Gasteiger partial charge in [-0.2, -0.15) is 0 Å². The molecule has 1 aromatic rings. The number of nitrogens with zero attached hydrogens (tertiary/aromatic N) is 1. The van der Waals surface area contributed by atoms with Gasteiger partial charge in [-0.25, -0.2) is 10.2 Å². The number of hydrogen-bond acceptors (Lipinski definition) is 3. The molecule has 0 fully saturated rings. The molecule has 0 aromatic heterocycles. The summed E-state index contributed by atoms with van der Waals surface area (Å²) in [6.07, 6.45) is 0.756. The number of nitrogens with one attached hydrogen (secondary N) is 2. The van der Waals surface area contributed by atoms with Crippen molar-refractivity contribution in [2.75, 3.05) is 25.1 Å². The predicted molar refractivity (Wildman–Crippen MR) is 80.8 cm³/mol. The van der Waals surface area contributed by atoms with E-state index in [1.807, 2.05) is 6.92 Å². The van der Waals surface area contributed by atoms with Crippen LogP contribution in [0.1, 0.15) is 13.3 Å². The van der Waals surface area contributed by atoms with Crippen molar-refractivity contribution in [2.24, 2.45) is 10.8 Å². The van der Waals surface area contributed by atoms with Gasteiger partial charge in [-0.15, -0.1) is 0 Å². The average Bonchev–Trinajstić information content (AvgIpc) is 2.40. The van der Waals surface area contributed by atoms with Crippen LogP contribution in [0.15, 0.2) is 17.1 Å². The SMILES string of the molecule is CCOCCCN=C(NN)Nc1c(Cl)cc(F)cc1Cl. The van der Waals surface area contributed by atoms with Crippen LogP contribution in [0.4, 0.5) is 10.1 Å². The Hall–Kier alpha value is -1.08. The number of anilines is 1. The highest BCUT2D eigenvalue weighted by atomic mass is 35.5.